The van der Waals surface area contributed by atoms with Gasteiger partial charge in [-0.15, -0.1) is 0 Å². The highest BCUT2D eigenvalue weighted by molar-refractivity contribution is 5.79. The van der Waals surface area contributed by atoms with Crippen LogP contribution in [0.15, 0.2) is 24.3 Å². The summed E-state index contributed by atoms with van der Waals surface area (Å²) in [5.74, 6) is -0.198. The lowest BCUT2D eigenvalue weighted by molar-refractivity contribution is -0.149. The van der Waals surface area contributed by atoms with Crippen LogP contribution in [0, 0.1) is 0 Å². The maximum absolute atomic E-state index is 11.7. The first-order valence-corrected chi connectivity index (χ1v) is 6.99. The Hall–Kier alpha value is -1.35. The van der Waals surface area contributed by atoms with Crippen LogP contribution in [0.2, 0.25) is 0 Å². The summed E-state index contributed by atoms with van der Waals surface area (Å²) in [7, 11) is 0. The molecule has 0 heterocycles. The molecule has 0 amide bonds. The van der Waals surface area contributed by atoms with E-state index in [1.807, 2.05) is 20.8 Å². The fraction of sp³-hybridized carbons (Fsp3) is 0.562. The van der Waals surface area contributed by atoms with Gasteiger partial charge in [0.05, 0.1) is 6.61 Å². The average Bonchev–Trinajstić information content (AvgIpc) is 2.39. The number of aryl methyl sites for hydroxylation is 1. The van der Waals surface area contributed by atoms with E-state index in [1.165, 1.54) is 11.1 Å². The molecule has 0 spiro atoms. The van der Waals surface area contributed by atoms with Gasteiger partial charge in [-0.3, -0.25) is 4.79 Å². The van der Waals surface area contributed by atoms with Crippen LogP contribution in [-0.2, 0) is 22.4 Å². The molecule has 0 atom stereocenters. The van der Waals surface area contributed by atoms with Crippen molar-refractivity contribution < 1.29 is 9.53 Å². The quantitative estimate of drug-likeness (QED) is 0.769. The zero-order valence-corrected chi connectivity index (χ0v) is 12.5. The Labute approximate surface area is 116 Å². The molecule has 1 N–H and O–H groups in total. The average molecular weight is 263 g/mol. The number of carbonyl (C=O) groups excluding carboxylic acids is 1. The molecule has 1 aromatic carbocycles. The zero-order chi connectivity index (χ0) is 14.3. The van der Waals surface area contributed by atoms with Crippen molar-refractivity contribution in [2.24, 2.45) is 0 Å². The molecule has 0 fully saturated rings. The molecule has 0 aliphatic carbocycles. The van der Waals surface area contributed by atoms with E-state index in [0.717, 1.165) is 19.4 Å². The van der Waals surface area contributed by atoms with Gasteiger partial charge in [0.1, 0.15) is 5.54 Å². The summed E-state index contributed by atoms with van der Waals surface area (Å²) in [4.78, 5) is 11.7. The number of hydrogen-bond acceptors (Lipinski definition) is 3. The number of esters is 1. The first-order valence-electron chi connectivity index (χ1n) is 6.99. The van der Waals surface area contributed by atoms with E-state index in [-0.39, 0.29) is 5.97 Å². The molecule has 106 valence electrons. The Morgan fingerprint density at radius 1 is 1.16 bits per heavy atom. The third kappa shape index (κ3) is 5.03. The van der Waals surface area contributed by atoms with Gasteiger partial charge in [0.25, 0.3) is 0 Å². The lowest BCUT2D eigenvalue weighted by atomic mass is 10.0. The van der Waals surface area contributed by atoms with E-state index >= 15 is 0 Å². The molecule has 0 unspecified atom stereocenters. The topological polar surface area (TPSA) is 38.3 Å². The Morgan fingerprint density at radius 2 is 1.74 bits per heavy atom. The van der Waals surface area contributed by atoms with Crippen molar-refractivity contribution in [3.05, 3.63) is 35.4 Å². The second kappa shape index (κ2) is 7.29. The minimum Gasteiger partial charge on any atom is -0.465 e. The van der Waals surface area contributed by atoms with E-state index in [9.17, 15) is 4.79 Å². The maximum atomic E-state index is 11.7. The van der Waals surface area contributed by atoms with Crippen molar-refractivity contribution in [1.29, 1.82) is 0 Å². The molecular formula is C16H25NO2. The molecule has 0 saturated carbocycles. The van der Waals surface area contributed by atoms with Gasteiger partial charge in [-0.2, -0.15) is 0 Å². The Kier molecular flexibility index (Phi) is 6.03. The molecule has 0 aliphatic heterocycles. The summed E-state index contributed by atoms with van der Waals surface area (Å²) in [5.41, 5.74) is 2.01. The molecule has 0 bridgehead atoms. The van der Waals surface area contributed by atoms with Crippen LogP contribution in [0.1, 0.15) is 38.8 Å². The summed E-state index contributed by atoms with van der Waals surface area (Å²) < 4.78 is 5.04. The van der Waals surface area contributed by atoms with Gasteiger partial charge in [-0.1, -0.05) is 31.2 Å². The summed E-state index contributed by atoms with van der Waals surface area (Å²) in [6.45, 7) is 8.86. The summed E-state index contributed by atoms with van der Waals surface area (Å²) in [6, 6.07) is 8.62. The molecule has 0 aromatic heterocycles. The standard InChI is InChI=1S/C16H25NO2/c1-5-13-7-9-14(10-8-13)11-12-17-16(3,4)15(18)19-6-2/h7-10,17H,5-6,11-12H2,1-4H3. The Bertz CT molecular complexity index is 396. The van der Waals surface area contributed by atoms with Crippen LogP contribution < -0.4 is 5.32 Å². The Morgan fingerprint density at radius 3 is 2.26 bits per heavy atom. The minimum absolute atomic E-state index is 0.198. The second-order valence-corrected chi connectivity index (χ2v) is 5.19. The van der Waals surface area contributed by atoms with Crippen LogP contribution in [0.3, 0.4) is 0 Å². The van der Waals surface area contributed by atoms with Crippen molar-refractivity contribution >= 4 is 5.97 Å². The van der Waals surface area contributed by atoms with E-state index in [0.29, 0.717) is 6.61 Å². The van der Waals surface area contributed by atoms with Crippen LogP contribution >= 0.6 is 0 Å². The van der Waals surface area contributed by atoms with Crippen LogP contribution in [0.5, 0.6) is 0 Å². The monoisotopic (exact) mass is 263 g/mol. The maximum Gasteiger partial charge on any atom is 0.325 e. The predicted molar refractivity (Wildman–Crippen MR) is 78.2 cm³/mol. The van der Waals surface area contributed by atoms with Gasteiger partial charge < -0.3 is 10.1 Å². The van der Waals surface area contributed by atoms with E-state index in [1.54, 1.807) is 0 Å². The normalized spacial score (nSPS) is 11.4. The fourth-order valence-corrected chi connectivity index (χ4v) is 1.84. The van der Waals surface area contributed by atoms with E-state index < -0.39 is 5.54 Å². The van der Waals surface area contributed by atoms with E-state index in [2.05, 4.69) is 36.5 Å². The van der Waals surface area contributed by atoms with E-state index in [4.69, 9.17) is 4.74 Å². The van der Waals surface area contributed by atoms with Gasteiger partial charge >= 0.3 is 5.97 Å². The molecule has 3 nitrogen and oxygen atoms in total. The SMILES string of the molecule is CCOC(=O)C(C)(C)NCCc1ccc(CC)cc1. The van der Waals surface area contributed by atoms with Crippen LogP contribution in [-0.4, -0.2) is 24.7 Å². The third-order valence-electron chi connectivity index (χ3n) is 3.20. The molecular weight excluding hydrogens is 238 g/mol. The number of rotatable bonds is 7. The number of ether oxygens (including phenoxy) is 1. The highest BCUT2D eigenvalue weighted by atomic mass is 16.5. The number of hydrogen-bond donors (Lipinski definition) is 1. The molecule has 0 aliphatic rings. The van der Waals surface area contributed by atoms with Gasteiger partial charge in [0.2, 0.25) is 0 Å². The number of carbonyl (C=O) groups is 1. The second-order valence-electron chi connectivity index (χ2n) is 5.19. The Balaban J connectivity index is 2.42. The lowest BCUT2D eigenvalue weighted by Gasteiger charge is -2.23. The molecule has 1 rings (SSSR count). The molecule has 0 radical (unpaired) electrons. The molecule has 1 aromatic rings. The summed E-state index contributed by atoms with van der Waals surface area (Å²) in [6.07, 6.45) is 1.97. The van der Waals surface area contributed by atoms with Crippen molar-refractivity contribution in [3.8, 4) is 0 Å². The first kappa shape index (κ1) is 15.7. The van der Waals surface area contributed by atoms with Gasteiger partial charge in [0.15, 0.2) is 0 Å². The molecule has 19 heavy (non-hydrogen) atoms. The summed E-state index contributed by atoms with van der Waals surface area (Å²) >= 11 is 0. The summed E-state index contributed by atoms with van der Waals surface area (Å²) in [5, 5.41) is 3.25. The number of nitrogens with one attached hydrogen (secondary N) is 1. The van der Waals surface area contributed by atoms with Gasteiger partial charge in [-0.25, -0.2) is 0 Å². The van der Waals surface area contributed by atoms with Crippen molar-refractivity contribution in [2.75, 3.05) is 13.2 Å². The van der Waals surface area contributed by atoms with Crippen LogP contribution in [0.25, 0.3) is 0 Å². The van der Waals surface area contributed by atoms with Crippen molar-refractivity contribution in [3.63, 3.8) is 0 Å². The van der Waals surface area contributed by atoms with Gasteiger partial charge in [-0.05, 0) is 44.7 Å². The largest absolute Gasteiger partial charge is 0.465 e. The smallest absolute Gasteiger partial charge is 0.325 e. The van der Waals surface area contributed by atoms with Gasteiger partial charge in [0, 0.05) is 6.54 Å². The third-order valence-corrected chi connectivity index (χ3v) is 3.20. The minimum atomic E-state index is -0.626. The zero-order valence-electron chi connectivity index (χ0n) is 12.5. The predicted octanol–water partition coefficient (Wildman–Crippen LogP) is 2.72. The molecule has 0 saturated heterocycles. The van der Waals surface area contributed by atoms with Crippen molar-refractivity contribution in [2.45, 2.75) is 46.1 Å². The van der Waals surface area contributed by atoms with Crippen LogP contribution in [0.4, 0.5) is 0 Å². The lowest BCUT2D eigenvalue weighted by Crippen LogP contribution is -2.48. The first-order chi connectivity index (χ1) is 8.99. The highest BCUT2D eigenvalue weighted by Gasteiger charge is 2.27. The molecule has 3 heteroatoms. The van der Waals surface area contributed by atoms with Crippen molar-refractivity contribution in [1.82, 2.24) is 5.32 Å². The highest BCUT2D eigenvalue weighted by Crippen LogP contribution is 2.08. The fourth-order valence-electron chi connectivity index (χ4n) is 1.84. The number of benzene rings is 1.